The molecule has 0 aliphatic rings. The third-order valence-corrected chi connectivity index (χ3v) is 3.88. The summed E-state index contributed by atoms with van der Waals surface area (Å²) in [5.74, 6) is -0.495. The van der Waals surface area contributed by atoms with E-state index in [2.05, 4.69) is 15.6 Å². The van der Waals surface area contributed by atoms with Crippen LogP contribution in [-0.4, -0.2) is 23.8 Å². The van der Waals surface area contributed by atoms with Gasteiger partial charge in [0.05, 0.1) is 5.52 Å². The number of rotatable bonds is 3. The lowest BCUT2D eigenvalue weighted by Gasteiger charge is -2.11. The minimum absolute atomic E-state index is 0.188. The smallest absolute Gasteiger partial charge is 0.274 e. The third kappa shape index (κ3) is 2.96. The van der Waals surface area contributed by atoms with Crippen LogP contribution in [0.25, 0.3) is 10.9 Å². The highest BCUT2D eigenvalue weighted by atomic mass is 16.2. The molecular weight excluding hydrogens is 302 g/mol. The molecule has 0 aliphatic heterocycles. The number of hydrogen-bond donors (Lipinski definition) is 2. The van der Waals surface area contributed by atoms with Crippen LogP contribution < -0.4 is 10.6 Å². The summed E-state index contributed by atoms with van der Waals surface area (Å²) >= 11 is 0. The molecule has 2 amide bonds. The van der Waals surface area contributed by atoms with Gasteiger partial charge in [-0.2, -0.15) is 0 Å². The highest BCUT2D eigenvalue weighted by Gasteiger charge is 2.14. The Bertz CT molecular complexity index is 935. The van der Waals surface area contributed by atoms with E-state index in [0.29, 0.717) is 22.5 Å². The lowest BCUT2D eigenvalue weighted by Crippen LogP contribution is -2.20. The van der Waals surface area contributed by atoms with Crippen LogP contribution >= 0.6 is 0 Å². The first-order valence-electron chi connectivity index (χ1n) is 7.59. The molecule has 0 spiro atoms. The molecule has 0 saturated carbocycles. The number of pyridine rings is 1. The van der Waals surface area contributed by atoms with Gasteiger partial charge in [-0.15, -0.1) is 0 Å². The van der Waals surface area contributed by atoms with Crippen LogP contribution in [-0.2, 0) is 0 Å². The second kappa shape index (κ2) is 6.50. The van der Waals surface area contributed by atoms with Crippen molar-refractivity contribution >= 4 is 28.4 Å². The normalized spacial score (nSPS) is 10.4. The molecule has 3 rings (SSSR count). The van der Waals surface area contributed by atoms with Crippen molar-refractivity contribution in [1.82, 2.24) is 10.3 Å². The number of nitrogens with one attached hydrogen (secondary N) is 2. The lowest BCUT2D eigenvalue weighted by molar-refractivity contribution is 0.0960. The van der Waals surface area contributed by atoms with E-state index < -0.39 is 0 Å². The molecule has 0 fully saturated rings. The SMILES string of the molecule is CNC(=O)c1cccc(NC(=O)c2ccc3ccccc3n2)c1C. The fraction of sp³-hybridized carbons (Fsp3) is 0.105. The molecule has 1 heterocycles. The second-order valence-electron chi connectivity index (χ2n) is 5.40. The Morgan fingerprint density at radius 3 is 2.50 bits per heavy atom. The van der Waals surface area contributed by atoms with E-state index in [1.807, 2.05) is 30.3 Å². The van der Waals surface area contributed by atoms with Gasteiger partial charge in [0.2, 0.25) is 0 Å². The predicted molar refractivity (Wildman–Crippen MR) is 94.3 cm³/mol. The summed E-state index contributed by atoms with van der Waals surface area (Å²) in [5.41, 5.74) is 2.93. The summed E-state index contributed by atoms with van der Waals surface area (Å²) in [6.45, 7) is 1.80. The molecule has 0 unspecified atom stereocenters. The van der Waals surface area contributed by atoms with Crippen molar-refractivity contribution < 1.29 is 9.59 Å². The van der Waals surface area contributed by atoms with Crippen LogP contribution in [0.2, 0.25) is 0 Å². The van der Waals surface area contributed by atoms with E-state index in [-0.39, 0.29) is 11.8 Å². The Hall–Kier alpha value is -3.21. The van der Waals surface area contributed by atoms with Gasteiger partial charge in [-0.1, -0.05) is 30.3 Å². The number of carbonyl (C=O) groups excluding carboxylic acids is 2. The van der Waals surface area contributed by atoms with Gasteiger partial charge in [-0.25, -0.2) is 4.98 Å². The van der Waals surface area contributed by atoms with Crippen molar-refractivity contribution in [2.75, 3.05) is 12.4 Å². The molecule has 0 radical (unpaired) electrons. The molecule has 1 aromatic heterocycles. The minimum atomic E-state index is -0.307. The predicted octanol–water partition coefficient (Wildman–Crippen LogP) is 3.16. The average Bonchev–Trinajstić information content (AvgIpc) is 2.62. The van der Waals surface area contributed by atoms with Gasteiger partial charge < -0.3 is 10.6 Å². The molecule has 0 bridgehead atoms. The highest BCUT2D eigenvalue weighted by molar-refractivity contribution is 6.05. The van der Waals surface area contributed by atoms with E-state index in [9.17, 15) is 9.59 Å². The first kappa shape index (κ1) is 15.7. The monoisotopic (exact) mass is 319 g/mol. The first-order valence-corrected chi connectivity index (χ1v) is 7.59. The van der Waals surface area contributed by atoms with Crippen LogP contribution in [0.4, 0.5) is 5.69 Å². The van der Waals surface area contributed by atoms with Gasteiger partial charge in [-0.05, 0) is 36.8 Å². The standard InChI is InChI=1S/C19H17N3O2/c1-12-14(18(23)20-2)7-5-9-15(12)22-19(24)17-11-10-13-6-3-4-8-16(13)21-17/h3-11H,1-2H3,(H,20,23)(H,22,24). The molecule has 5 heteroatoms. The van der Waals surface area contributed by atoms with Crippen molar-refractivity contribution in [3.05, 3.63) is 71.4 Å². The fourth-order valence-corrected chi connectivity index (χ4v) is 2.53. The maximum absolute atomic E-state index is 12.5. The summed E-state index contributed by atoms with van der Waals surface area (Å²) in [5, 5.41) is 6.40. The number of nitrogens with zero attached hydrogens (tertiary/aromatic N) is 1. The van der Waals surface area contributed by atoms with Crippen molar-refractivity contribution in [2.24, 2.45) is 0 Å². The van der Waals surface area contributed by atoms with E-state index in [1.165, 1.54) is 0 Å². The molecule has 0 aliphatic carbocycles. The van der Waals surface area contributed by atoms with Crippen LogP contribution in [0, 0.1) is 6.92 Å². The van der Waals surface area contributed by atoms with Crippen molar-refractivity contribution in [2.45, 2.75) is 6.92 Å². The topological polar surface area (TPSA) is 71.1 Å². The maximum atomic E-state index is 12.5. The second-order valence-corrected chi connectivity index (χ2v) is 5.40. The average molecular weight is 319 g/mol. The number of amides is 2. The van der Waals surface area contributed by atoms with Crippen molar-refractivity contribution in [3.8, 4) is 0 Å². The molecule has 5 nitrogen and oxygen atoms in total. The highest BCUT2D eigenvalue weighted by Crippen LogP contribution is 2.20. The maximum Gasteiger partial charge on any atom is 0.274 e. The molecule has 2 aromatic carbocycles. The summed E-state index contributed by atoms with van der Waals surface area (Å²) in [4.78, 5) is 28.7. The first-order chi connectivity index (χ1) is 11.6. The number of hydrogen-bond acceptors (Lipinski definition) is 3. The van der Waals surface area contributed by atoms with Gasteiger partial charge in [0.25, 0.3) is 11.8 Å². The zero-order chi connectivity index (χ0) is 17.1. The molecule has 24 heavy (non-hydrogen) atoms. The molecular formula is C19H17N3O2. The summed E-state index contributed by atoms with van der Waals surface area (Å²) in [7, 11) is 1.58. The number of benzene rings is 2. The Kier molecular flexibility index (Phi) is 4.24. The number of aromatic nitrogens is 1. The Labute approximate surface area is 139 Å². The number of fused-ring (bicyclic) bond motifs is 1. The number of para-hydroxylation sites is 1. The number of anilines is 1. The van der Waals surface area contributed by atoms with Crippen LogP contribution in [0.1, 0.15) is 26.4 Å². The Balaban J connectivity index is 1.90. The Morgan fingerprint density at radius 2 is 1.71 bits per heavy atom. The van der Waals surface area contributed by atoms with E-state index >= 15 is 0 Å². The van der Waals surface area contributed by atoms with Crippen LogP contribution in [0.15, 0.2) is 54.6 Å². The van der Waals surface area contributed by atoms with Crippen molar-refractivity contribution in [1.29, 1.82) is 0 Å². The van der Waals surface area contributed by atoms with E-state index in [4.69, 9.17) is 0 Å². The van der Waals surface area contributed by atoms with Gasteiger partial charge in [0.1, 0.15) is 5.69 Å². The van der Waals surface area contributed by atoms with E-state index in [0.717, 1.165) is 10.9 Å². The zero-order valence-corrected chi connectivity index (χ0v) is 13.5. The molecule has 0 atom stereocenters. The lowest BCUT2D eigenvalue weighted by atomic mass is 10.1. The van der Waals surface area contributed by atoms with Crippen molar-refractivity contribution in [3.63, 3.8) is 0 Å². The molecule has 0 saturated heterocycles. The Morgan fingerprint density at radius 1 is 0.917 bits per heavy atom. The zero-order valence-electron chi connectivity index (χ0n) is 13.5. The van der Waals surface area contributed by atoms with E-state index in [1.54, 1.807) is 38.2 Å². The number of carbonyl (C=O) groups is 2. The van der Waals surface area contributed by atoms with Gasteiger partial charge in [-0.3, -0.25) is 9.59 Å². The van der Waals surface area contributed by atoms with Crippen LogP contribution in [0.5, 0.6) is 0 Å². The molecule has 2 N–H and O–H groups in total. The molecule has 3 aromatic rings. The summed E-state index contributed by atoms with van der Waals surface area (Å²) in [6.07, 6.45) is 0. The minimum Gasteiger partial charge on any atom is -0.355 e. The third-order valence-electron chi connectivity index (χ3n) is 3.88. The summed E-state index contributed by atoms with van der Waals surface area (Å²) < 4.78 is 0. The molecule has 120 valence electrons. The van der Waals surface area contributed by atoms with Gasteiger partial charge in [0, 0.05) is 23.7 Å². The van der Waals surface area contributed by atoms with Crippen LogP contribution in [0.3, 0.4) is 0 Å². The quantitative estimate of drug-likeness (QED) is 0.779. The fourth-order valence-electron chi connectivity index (χ4n) is 2.53. The van der Waals surface area contributed by atoms with Gasteiger partial charge >= 0.3 is 0 Å². The van der Waals surface area contributed by atoms with Gasteiger partial charge in [0.15, 0.2) is 0 Å². The summed E-state index contributed by atoms with van der Waals surface area (Å²) in [6, 6.07) is 16.4. The largest absolute Gasteiger partial charge is 0.355 e.